The van der Waals surface area contributed by atoms with Crippen LogP contribution in [-0.4, -0.2) is 22.9 Å². The molecule has 0 aromatic heterocycles. The van der Waals surface area contributed by atoms with Crippen LogP contribution in [0.1, 0.15) is 38.3 Å². The molecular weight excluding hydrogens is 248 g/mol. The summed E-state index contributed by atoms with van der Waals surface area (Å²) in [5, 5.41) is 0.698. The molecule has 1 fully saturated rings. The first-order valence-corrected chi connectivity index (χ1v) is 6.71. The van der Waals surface area contributed by atoms with Crippen LogP contribution in [0.25, 0.3) is 0 Å². The van der Waals surface area contributed by atoms with Gasteiger partial charge >= 0.3 is 0 Å². The second kappa shape index (κ2) is 5.29. The highest BCUT2D eigenvalue weighted by atomic mass is 35.5. The lowest BCUT2D eigenvalue weighted by molar-refractivity contribution is -0.135. The maximum Gasteiger partial charge on any atom is 0.239 e. The third-order valence-electron chi connectivity index (χ3n) is 3.33. The van der Waals surface area contributed by atoms with E-state index in [-0.39, 0.29) is 11.9 Å². The van der Waals surface area contributed by atoms with Gasteiger partial charge in [0, 0.05) is 11.1 Å². The molecule has 4 heteroatoms. The van der Waals surface area contributed by atoms with Crippen LogP contribution >= 0.6 is 11.6 Å². The fourth-order valence-electron chi connectivity index (χ4n) is 2.20. The van der Waals surface area contributed by atoms with Gasteiger partial charge in [-0.25, -0.2) is 0 Å². The van der Waals surface area contributed by atoms with Crippen molar-refractivity contribution in [2.45, 2.75) is 44.8 Å². The summed E-state index contributed by atoms with van der Waals surface area (Å²) in [6.45, 7) is 3.77. The van der Waals surface area contributed by atoms with Crippen LogP contribution in [0.5, 0.6) is 0 Å². The Balaban J connectivity index is 2.23. The quantitative estimate of drug-likeness (QED) is 0.911. The molecule has 0 radical (unpaired) electrons. The lowest BCUT2D eigenvalue weighted by atomic mass is 10.1. The number of hydrogen-bond donors (Lipinski definition) is 1. The lowest BCUT2D eigenvalue weighted by Crippen LogP contribution is -2.44. The molecular formula is C14H19ClN2O. The van der Waals surface area contributed by atoms with Gasteiger partial charge in [0.05, 0.1) is 12.1 Å². The number of benzene rings is 1. The van der Waals surface area contributed by atoms with E-state index in [4.69, 9.17) is 17.3 Å². The zero-order valence-electron chi connectivity index (χ0n) is 10.8. The molecule has 1 amide bonds. The van der Waals surface area contributed by atoms with Crippen molar-refractivity contribution in [2.75, 3.05) is 0 Å². The number of nitrogens with zero attached hydrogens (tertiary/aromatic N) is 1. The normalized spacial score (nSPS) is 18.2. The van der Waals surface area contributed by atoms with Crippen LogP contribution in [0.4, 0.5) is 0 Å². The molecule has 98 valence electrons. The minimum Gasteiger partial charge on any atom is -0.332 e. The molecule has 1 unspecified atom stereocenters. The van der Waals surface area contributed by atoms with Crippen molar-refractivity contribution in [1.29, 1.82) is 0 Å². The van der Waals surface area contributed by atoms with Crippen molar-refractivity contribution in [3.63, 3.8) is 0 Å². The maximum atomic E-state index is 12.2. The van der Waals surface area contributed by atoms with E-state index >= 15 is 0 Å². The van der Waals surface area contributed by atoms with Crippen molar-refractivity contribution in [2.24, 2.45) is 5.73 Å². The van der Waals surface area contributed by atoms with E-state index in [0.29, 0.717) is 11.1 Å². The van der Waals surface area contributed by atoms with Crippen LogP contribution in [0.3, 0.4) is 0 Å². The standard InChI is InChI=1S/C14H19ClN2O/c1-9(16)14(18)17(13-6-7-13)10(2)11-4-3-5-12(15)8-11/h3-5,8-10,13H,6-7,16H2,1-2H3/t9-,10?/m0/s1. The fraction of sp³-hybridized carbons (Fsp3) is 0.500. The Morgan fingerprint density at radius 3 is 2.61 bits per heavy atom. The summed E-state index contributed by atoms with van der Waals surface area (Å²) in [6.07, 6.45) is 2.15. The van der Waals surface area contributed by atoms with Crippen LogP contribution in [0, 0.1) is 0 Å². The molecule has 0 aliphatic heterocycles. The molecule has 2 atom stereocenters. The molecule has 1 aromatic rings. The van der Waals surface area contributed by atoms with E-state index in [9.17, 15) is 4.79 Å². The molecule has 3 nitrogen and oxygen atoms in total. The summed E-state index contributed by atoms with van der Waals surface area (Å²) < 4.78 is 0. The number of amides is 1. The summed E-state index contributed by atoms with van der Waals surface area (Å²) >= 11 is 6.00. The smallest absolute Gasteiger partial charge is 0.239 e. The fourth-order valence-corrected chi connectivity index (χ4v) is 2.40. The topological polar surface area (TPSA) is 46.3 Å². The van der Waals surface area contributed by atoms with E-state index in [1.54, 1.807) is 6.92 Å². The number of hydrogen-bond acceptors (Lipinski definition) is 2. The molecule has 0 saturated heterocycles. The average molecular weight is 267 g/mol. The van der Waals surface area contributed by atoms with Gasteiger partial charge in [-0.1, -0.05) is 23.7 Å². The molecule has 2 rings (SSSR count). The molecule has 1 saturated carbocycles. The SMILES string of the molecule is CC(c1cccc(Cl)c1)N(C(=O)[C@H](C)N)C1CC1. The van der Waals surface area contributed by atoms with Gasteiger partial charge in [0.15, 0.2) is 0 Å². The maximum absolute atomic E-state index is 12.2. The Morgan fingerprint density at radius 1 is 1.44 bits per heavy atom. The van der Waals surface area contributed by atoms with E-state index < -0.39 is 6.04 Å². The molecule has 0 bridgehead atoms. The number of carbonyl (C=O) groups excluding carboxylic acids is 1. The van der Waals surface area contributed by atoms with Crippen molar-refractivity contribution in [3.05, 3.63) is 34.9 Å². The molecule has 0 spiro atoms. The number of rotatable bonds is 4. The van der Waals surface area contributed by atoms with Crippen molar-refractivity contribution in [1.82, 2.24) is 4.90 Å². The first-order chi connectivity index (χ1) is 8.50. The lowest BCUT2D eigenvalue weighted by Gasteiger charge is -2.31. The minimum absolute atomic E-state index is 0.0185. The van der Waals surface area contributed by atoms with Crippen LogP contribution in [0.2, 0.25) is 5.02 Å². The molecule has 2 N–H and O–H groups in total. The first-order valence-electron chi connectivity index (χ1n) is 6.34. The monoisotopic (exact) mass is 266 g/mol. The molecule has 18 heavy (non-hydrogen) atoms. The van der Waals surface area contributed by atoms with Crippen molar-refractivity contribution < 1.29 is 4.79 Å². The molecule has 0 heterocycles. The van der Waals surface area contributed by atoms with Gasteiger partial charge in [-0.05, 0) is 44.4 Å². The van der Waals surface area contributed by atoms with E-state index in [2.05, 4.69) is 0 Å². The number of carbonyl (C=O) groups is 1. The van der Waals surface area contributed by atoms with Gasteiger partial charge in [0.2, 0.25) is 5.91 Å². The summed E-state index contributed by atoms with van der Waals surface area (Å²) in [4.78, 5) is 14.1. The van der Waals surface area contributed by atoms with Crippen molar-refractivity contribution in [3.8, 4) is 0 Å². The number of nitrogens with two attached hydrogens (primary N) is 1. The van der Waals surface area contributed by atoms with Gasteiger partial charge in [-0.3, -0.25) is 4.79 Å². The van der Waals surface area contributed by atoms with Crippen LogP contribution < -0.4 is 5.73 Å². The summed E-state index contributed by atoms with van der Waals surface area (Å²) in [6, 6.07) is 7.58. The predicted molar refractivity (Wildman–Crippen MR) is 73.4 cm³/mol. The minimum atomic E-state index is -0.452. The summed E-state index contributed by atoms with van der Waals surface area (Å²) in [5.41, 5.74) is 6.79. The Labute approximate surface area is 113 Å². The van der Waals surface area contributed by atoms with Crippen LogP contribution in [-0.2, 0) is 4.79 Å². The second-order valence-corrected chi connectivity index (χ2v) is 5.43. The van der Waals surface area contributed by atoms with Crippen LogP contribution in [0.15, 0.2) is 24.3 Å². The highest BCUT2D eigenvalue weighted by Crippen LogP contribution is 2.35. The number of halogens is 1. The predicted octanol–water partition coefficient (Wildman–Crippen LogP) is 2.74. The zero-order chi connectivity index (χ0) is 13.3. The summed E-state index contributed by atoms with van der Waals surface area (Å²) in [7, 11) is 0. The van der Waals surface area contributed by atoms with E-state index in [0.717, 1.165) is 18.4 Å². The Morgan fingerprint density at radius 2 is 2.11 bits per heavy atom. The zero-order valence-corrected chi connectivity index (χ0v) is 11.5. The van der Waals surface area contributed by atoms with Gasteiger partial charge < -0.3 is 10.6 Å². The Kier molecular flexibility index (Phi) is 3.93. The molecule has 1 aliphatic carbocycles. The highest BCUT2D eigenvalue weighted by molar-refractivity contribution is 6.30. The molecule has 1 aliphatic rings. The average Bonchev–Trinajstić information content (AvgIpc) is 3.13. The first kappa shape index (κ1) is 13.4. The Hall–Kier alpha value is -1.06. The second-order valence-electron chi connectivity index (χ2n) is 5.00. The van der Waals surface area contributed by atoms with E-state index in [1.165, 1.54) is 0 Å². The van der Waals surface area contributed by atoms with E-state index in [1.807, 2.05) is 36.1 Å². The third-order valence-corrected chi connectivity index (χ3v) is 3.57. The van der Waals surface area contributed by atoms with Crippen molar-refractivity contribution >= 4 is 17.5 Å². The summed E-state index contributed by atoms with van der Waals surface area (Å²) in [5.74, 6) is 0.0185. The van der Waals surface area contributed by atoms with Gasteiger partial charge in [0.25, 0.3) is 0 Å². The largest absolute Gasteiger partial charge is 0.332 e. The third kappa shape index (κ3) is 2.85. The van der Waals surface area contributed by atoms with Gasteiger partial charge in [-0.15, -0.1) is 0 Å². The Bertz CT molecular complexity index is 443. The van der Waals surface area contributed by atoms with Gasteiger partial charge in [0.1, 0.15) is 0 Å². The molecule has 1 aromatic carbocycles. The highest BCUT2D eigenvalue weighted by Gasteiger charge is 2.37. The van der Waals surface area contributed by atoms with Gasteiger partial charge in [-0.2, -0.15) is 0 Å².